The number of benzene rings is 1. The van der Waals surface area contributed by atoms with Crippen LogP contribution in [0, 0.1) is 10.1 Å². The molecule has 1 aromatic carbocycles. The molecule has 0 fully saturated rings. The first-order valence-corrected chi connectivity index (χ1v) is 6.64. The van der Waals surface area contributed by atoms with Crippen molar-refractivity contribution in [2.45, 2.75) is 19.8 Å². The Kier molecular flexibility index (Phi) is 4.65. The van der Waals surface area contributed by atoms with Crippen molar-refractivity contribution in [3.05, 3.63) is 58.4 Å². The van der Waals surface area contributed by atoms with Crippen molar-refractivity contribution in [1.29, 1.82) is 0 Å². The summed E-state index contributed by atoms with van der Waals surface area (Å²) < 4.78 is 1.96. The van der Waals surface area contributed by atoms with Crippen LogP contribution in [0.2, 0.25) is 0 Å². The van der Waals surface area contributed by atoms with Gasteiger partial charge in [-0.1, -0.05) is 13.3 Å². The molecule has 0 spiro atoms. The van der Waals surface area contributed by atoms with Gasteiger partial charge in [0.05, 0.1) is 10.6 Å². The first-order chi connectivity index (χ1) is 9.72. The minimum Gasteiger partial charge on any atom is -0.316 e. The Labute approximate surface area is 117 Å². The van der Waals surface area contributed by atoms with Crippen LogP contribution in [-0.2, 0) is 0 Å². The average molecular weight is 271 g/mol. The van der Waals surface area contributed by atoms with Gasteiger partial charge in [0, 0.05) is 36.8 Å². The minimum atomic E-state index is -0.396. The van der Waals surface area contributed by atoms with Crippen LogP contribution in [0.4, 0.5) is 5.69 Å². The predicted molar refractivity (Wildman–Crippen MR) is 79.8 cm³/mol. The molecule has 0 amide bonds. The lowest BCUT2D eigenvalue weighted by Crippen LogP contribution is -1.98. The number of nitrogens with zero attached hydrogens (tertiary/aromatic N) is 3. The second-order valence-electron chi connectivity index (χ2n) is 4.47. The molecule has 1 aromatic heterocycles. The zero-order valence-electron chi connectivity index (χ0n) is 11.4. The van der Waals surface area contributed by atoms with E-state index in [4.69, 9.17) is 0 Å². The van der Waals surface area contributed by atoms with Crippen LogP contribution in [-0.4, -0.2) is 22.2 Å². The normalized spacial score (nSPS) is 11.1. The largest absolute Gasteiger partial charge is 0.316 e. The lowest BCUT2D eigenvalue weighted by Gasteiger charge is -2.05. The number of non-ortho nitro benzene ring substituents is 1. The van der Waals surface area contributed by atoms with E-state index in [1.54, 1.807) is 12.1 Å². The van der Waals surface area contributed by atoms with E-state index in [1.165, 1.54) is 12.1 Å². The van der Waals surface area contributed by atoms with E-state index in [0.29, 0.717) is 0 Å². The van der Waals surface area contributed by atoms with Gasteiger partial charge in [0.15, 0.2) is 0 Å². The molecule has 2 rings (SSSR count). The third kappa shape index (κ3) is 3.32. The Bertz CT molecular complexity index is 600. The van der Waals surface area contributed by atoms with E-state index >= 15 is 0 Å². The van der Waals surface area contributed by atoms with E-state index in [2.05, 4.69) is 11.9 Å². The monoisotopic (exact) mass is 271 g/mol. The van der Waals surface area contributed by atoms with E-state index in [0.717, 1.165) is 30.8 Å². The third-order valence-corrected chi connectivity index (χ3v) is 2.98. The summed E-state index contributed by atoms with van der Waals surface area (Å²) >= 11 is 0. The van der Waals surface area contributed by atoms with Gasteiger partial charge >= 0.3 is 0 Å². The lowest BCUT2D eigenvalue weighted by atomic mass is 10.3. The van der Waals surface area contributed by atoms with Crippen LogP contribution < -0.4 is 0 Å². The Morgan fingerprint density at radius 1 is 1.30 bits per heavy atom. The number of nitro benzene ring substituents is 1. The summed E-state index contributed by atoms with van der Waals surface area (Å²) in [6, 6.07) is 10.4. The highest BCUT2D eigenvalue weighted by Gasteiger charge is 2.06. The summed E-state index contributed by atoms with van der Waals surface area (Å²) in [5.74, 6) is 0. The van der Waals surface area contributed by atoms with Gasteiger partial charge in [-0.25, -0.2) is 0 Å². The van der Waals surface area contributed by atoms with Gasteiger partial charge < -0.3 is 4.57 Å². The highest BCUT2D eigenvalue weighted by atomic mass is 16.6. The summed E-state index contributed by atoms with van der Waals surface area (Å²) in [4.78, 5) is 14.6. The van der Waals surface area contributed by atoms with Crippen LogP contribution in [0.3, 0.4) is 0 Å². The number of unbranched alkanes of at least 4 members (excludes halogenated alkanes) is 1. The molecule has 0 radical (unpaired) electrons. The maximum atomic E-state index is 10.6. The zero-order valence-corrected chi connectivity index (χ0v) is 11.4. The molecule has 0 saturated carbocycles. The van der Waals surface area contributed by atoms with Crippen molar-refractivity contribution in [1.82, 2.24) is 4.57 Å². The van der Waals surface area contributed by atoms with Gasteiger partial charge in [-0.15, -0.1) is 0 Å². The van der Waals surface area contributed by atoms with Gasteiger partial charge in [0.1, 0.15) is 0 Å². The molecule has 104 valence electrons. The molecule has 5 heteroatoms. The highest BCUT2D eigenvalue weighted by molar-refractivity contribution is 5.78. The summed E-state index contributed by atoms with van der Waals surface area (Å²) in [6.45, 7) is 2.96. The van der Waals surface area contributed by atoms with Crippen molar-refractivity contribution >= 4 is 11.9 Å². The Morgan fingerprint density at radius 2 is 2.05 bits per heavy atom. The molecule has 0 bridgehead atoms. The van der Waals surface area contributed by atoms with Crippen LogP contribution in [0.1, 0.15) is 25.5 Å². The maximum absolute atomic E-state index is 10.6. The Morgan fingerprint density at radius 3 is 2.70 bits per heavy atom. The number of aromatic nitrogens is 1. The summed E-state index contributed by atoms with van der Waals surface area (Å²) in [7, 11) is 0. The van der Waals surface area contributed by atoms with Crippen molar-refractivity contribution < 1.29 is 4.92 Å². The number of hydrogen-bond acceptors (Lipinski definition) is 3. The molecule has 0 saturated heterocycles. The molecule has 1 heterocycles. The number of nitro groups is 1. The lowest BCUT2D eigenvalue weighted by molar-refractivity contribution is -0.384. The molecular weight excluding hydrogens is 254 g/mol. The summed E-state index contributed by atoms with van der Waals surface area (Å²) in [5.41, 5.74) is 1.95. The molecule has 2 aromatic rings. The Balaban J connectivity index is 2.18. The van der Waals surface area contributed by atoms with E-state index in [1.807, 2.05) is 29.1 Å². The predicted octanol–water partition coefficient (Wildman–Crippen LogP) is 3.60. The molecule has 0 unspecified atom stereocenters. The molecule has 0 aliphatic carbocycles. The summed E-state index contributed by atoms with van der Waals surface area (Å²) in [5, 5.41) is 10.6. The van der Waals surface area contributed by atoms with Crippen LogP contribution in [0.25, 0.3) is 5.69 Å². The fourth-order valence-electron chi connectivity index (χ4n) is 1.88. The Hall–Kier alpha value is -2.43. The molecule has 0 N–H and O–H groups in total. The minimum absolute atomic E-state index is 0.0964. The number of hydrogen-bond donors (Lipinski definition) is 0. The quantitative estimate of drug-likeness (QED) is 0.349. The first kappa shape index (κ1) is 14.0. The van der Waals surface area contributed by atoms with Gasteiger partial charge in [0.2, 0.25) is 0 Å². The SMILES string of the molecule is CCCCN=Cc1cccn1-c1ccc([N+](=O)[O-])cc1. The van der Waals surface area contributed by atoms with E-state index in [9.17, 15) is 10.1 Å². The maximum Gasteiger partial charge on any atom is 0.269 e. The van der Waals surface area contributed by atoms with E-state index in [-0.39, 0.29) is 5.69 Å². The second kappa shape index (κ2) is 6.65. The average Bonchev–Trinajstić information content (AvgIpc) is 2.92. The van der Waals surface area contributed by atoms with Crippen LogP contribution in [0.15, 0.2) is 47.6 Å². The molecular formula is C15H17N3O2. The van der Waals surface area contributed by atoms with Gasteiger partial charge in [0.25, 0.3) is 5.69 Å². The molecule has 0 aliphatic rings. The van der Waals surface area contributed by atoms with Crippen molar-refractivity contribution in [2.75, 3.05) is 6.54 Å². The molecule has 0 aliphatic heterocycles. The van der Waals surface area contributed by atoms with Gasteiger partial charge in [-0.2, -0.15) is 0 Å². The standard InChI is InChI=1S/C15H17N3O2/c1-2-3-10-16-12-15-5-4-11-17(15)13-6-8-14(9-7-13)18(19)20/h4-9,11-12H,2-3,10H2,1H3. The summed E-state index contributed by atoms with van der Waals surface area (Å²) in [6.07, 6.45) is 5.97. The molecule has 5 nitrogen and oxygen atoms in total. The van der Waals surface area contributed by atoms with Crippen LogP contribution >= 0.6 is 0 Å². The second-order valence-corrected chi connectivity index (χ2v) is 4.47. The van der Waals surface area contributed by atoms with E-state index < -0.39 is 4.92 Å². The topological polar surface area (TPSA) is 60.4 Å². The fraction of sp³-hybridized carbons (Fsp3) is 0.267. The fourth-order valence-corrected chi connectivity index (χ4v) is 1.88. The zero-order chi connectivity index (χ0) is 14.4. The third-order valence-electron chi connectivity index (χ3n) is 2.98. The first-order valence-electron chi connectivity index (χ1n) is 6.64. The van der Waals surface area contributed by atoms with Gasteiger partial charge in [-0.3, -0.25) is 15.1 Å². The number of rotatable bonds is 6. The highest BCUT2D eigenvalue weighted by Crippen LogP contribution is 2.16. The van der Waals surface area contributed by atoms with Crippen molar-refractivity contribution in [3.63, 3.8) is 0 Å². The van der Waals surface area contributed by atoms with Crippen LogP contribution in [0.5, 0.6) is 0 Å². The number of aliphatic imine (C=N–C) groups is 1. The molecule has 0 atom stereocenters. The molecule has 20 heavy (non-hydrogen) atoms. The van der Waals surface area contributed by atoms with Gasteiger partial charge in [-0.05, 0) is 30.7 Å². The smallest absolute Gasteiger partial charge is 0.269 e. The van der Waals surface area contributed by atoms with Crippen molar-refractivity contribution in [2.24, 2.45) is 4.99 Å². The van der Waals surface area contributed by atoms with Crippen molar-refractivity contribution in [3.8, 4) is 5.69 Å².